The molecule has 1 aromatic heterocycles. The molecule has 1 aromatic rings. The van der Waals surface area contributed by atoms with E-state index in [2.05, 4.69) is 32.7 Å². The van der Waals surface area contributed by atoms with Crippen molar-refractivity contribution in [2.24, 2.45) is 5.92 Å². The predicted octanol–water partition coefficient (Wildman–Crippen LogP) is 1.32. The van der Waals surface area contributed by atoms with Gasteiger partial charge in [0.2, 0.25) is 11.9 Å². The molecule has 1 saturated heterocycles. The van der Waals surface area contributed by atoms with E-state index >= 15 is 0 Å². The summed E-state index contributed by atoms with van der Waals surface area (Å²) < 4.78 is 0. The van der Waals surface area contributed by atoms with Gasteiger partial charge in [-0.3, -0.25) is 10.1 Å². The highest BCUT2D eigenvalue weighted by Crippen LogP contribution is 2.17. The molecule has 2 rings (SSSR count). The Balaban J connectivity index is 2.03. The summed E-state index contributed by atoms with van der Waals surface area (Å²) in [5.74, 6) is 0.368. The number of nitrogens with one attached hydrogen (secondary N) is 2. The largest absolute Gasteiger partial charge is 0.314 e. The molecule has 6 nitrogen and oxygen atoms in total. The summed E-state index contributed by atoms with van der Waals surface area (Å²) in [6, 6.07) is 0.382. The van der Waals surface area contributed by atoms with Crippen LogP contribution in [0.1, 0.15) is 45.0 Å². The lowest BCUT2D eigenvalue weighted by atomic mass is 9.92. The number of hydrogen-bond acceptors (Lipinski definition) is 5. The molecule has 0 radical (unpaired) electrons. The van der Waals surface area contributed by atoms with E-state index in [1.807, 2.05) is 13.8 Å². The maximum absolute atomic E-state index is 12.2. The van der Waals surface area contributed by atoms with Crippen LogP contribution < -0.4 is 10.6 Å². The van der Waals surface area contributed by atoms with Gasteiger partial charge in [0.15, 0.2) is 0 Å². The Labute approximate surface area is 119 Å². The maximum atomic E-state index is 12.2. The van der Waals surface area contributed by atoms with Crippen molar-refractivity contribution < 1.29 is 4.79 Å². The number of nitrogens with zero attached hydrogens (tertiary/aromatic N) is 3. The average Bonchev–Trinajstić information content (AvgIpc) is 2.47. The third-order valence-corrected chi connectivity index (χ3v) is 3.74. The predicted molar refractivity (Wildman–Crippen MR) is 77.4 cm³/mol. The van der Waals surface area contributed by atoms with E-state index in [4.69, 9.17) is 0 Å². The molecule has 6 heteroatoms. The van der Waals surface area contributed by atoms with Gasteiger partial charge in [-0.2, -0.15) is 0 Å². The molecule has 0 aromatic carbocycles. The Morgan fingerprint density at radius 3 is 2.70 bits per heavy atom. The van der Waals surface area contributed by atoms with Crippen LogP contribution in [0.2, 0.25) is 0 Å². The van der Waals surface area contributed by atoms with Crippen molar-refractivity contribution in [3.05, 3.63) is 11.4 Å². The van der Waals surface area contributed by atoms with Crippen LogP contribution in [0.25, 0.3) is 0 Å². The van der Waals surface area contributed by atoms with Gasteiger partial charge in [-0.1, -0.05) is 13.8 Å². The van der Waals surface area contributed by atoms with Gasteiger partial charge in [-0.15, -0.1) is 10.2 Å². The summed E-state index contributed by atoms with van der Waals surface area (Å²) in [4.78, 5) is 16.6. The SMILES string of the molecule is CCc1nnc(NC(=O)C2CCNC(C)C2)nc1CC. The summed E-state index contributed by atoms with van der Waals surface area (Å²) in [6.07, 6.45) is 3.32. The molecular weight excluding hydrogens is 254 g/mol. The van der Waals surface area contributed by atoms with E-state index in [-0.39, 0.29) is 11.8 Å². The molecule has 2 unspecified atom stereocenters. The van der Waals surface area contributed by atoms with Crippen LogP contribution in [0.5, 0.6) is 0 Å². The Bertz CT molecular complexity index is 477. The van der Waals surface area contributed by atoms with Crippen molar-refractivity contribution in [1.82, 2.24) is 20.5 Å². The number of aromatic nitrogens is 3. The number of carbonyl (C=O) groups is 1. The van der Waals surface area contributed by atoms with Crippen molar-refractivity contribution in [3.63, 3.8) is 0 Å². The molecule has 2 N–H and O–H groups in total. The number of anilines is 1. The first-order valence-corrected chi connectivity index (χ1v) is 7.40. The van der Waals surface area contributed by atoms with E-state index in [9.17, 15) is 4.79 Å². The van der Waals surface area contributed by atoms with E-state index < -0.39 is 0 Å². The Morgan fingerprint density at radius 1 is 1.30 bits per heavy atom. The molecule has 1 aliphatic rings. The molecule has 0 spiro atoms. The van der Waals surface area contributed by atoms with Gasteiger partial charge < -0.3 is 5.32 Å². The van der Waals surface area contributed by atoms with Gasteiger partial charge in [0, 0.05) is 12.0 Å². The molecule has 0 aliphatic carbocycles. The summed E-state index contributed by atoms with van der Waals surface area (Å²) >= 11 is 0. The number of amides is 1. The van der Waals surface area contributed by atoms with E-state index in [1.54, 1.807) is 0 Å². The first-order valence-electron chi connectivity index (χ1n) is 7.40. The fraction of sp³-hybridized carbons (Fsp3) is 0.714. The van der Waals surface area contributed by atoms with Crippen molar-refractivity contribution in [2.45, 2.75) is 52.5 Å². The topological polar surface area (TPSA) is 79.8 Å². The van der Waals surface area contributed by atoms with Crippen LogP contribution in [-0.4, -0.2) is 33.7 Å². The van der Waals surface area contributed by atoms with Crippen LogP contribution in [0.15, 0.2) is 0 Å². The summed E-state index contributed by atoms with van der Waals surface area (Å²) in [5, 5.41) is 14.3. The van der Waals surface area contributed by atoms with Crippen molar-refractivity contribution in [1.29, 1.82) is 0 Å². The maximum Gasteiger partial charge on any atom is 0.249 e. The van der Waals surface area contributed by atoms with Gasteiger partial charge >= 0.3 is 0 Å². The molecule has 0 bridgehead atoms. The van der Waals surface area contributed by atoms with Gasteiger partial charge in [0.25, 0.3) is 0 Å². The number of piperidine rings is 1. The lowest BCUT2D eigenvalue weighted by molar-refractivity contribution is -0.120. The molecular formula is C14H23N5O. The zero-order chi connectivity index (χ0) is 14.5. The second-order valence-electron chi connectivity index (χ2n) is 5.30. The van der Waals surface area contributed by atoms with Crippen molar-refractivity contribution in [2.75, 3.05) is 11.9 Å². The zero-order valence-electron chi connectivity index (χ0n) is 12.4. The number of hydrogen-bond donors (Lipinski definition) is 2. The minimum Gasteiger partial charge on any atom is -0.314 e. The van der Waals surface area contributed by atoms with E-state index in [1.165, 1.54) is 0 Å². The van der Waals surface area contributed by atoms with Gasteiger partial charge in [-0.25, -0.2) is 4.98 Å². The van der Waals surface area contributed by atoms with Crippen LogP contribution in [0, 0.1) is 5.92 Å². The number of rotatable bonds is 4. The monoisotopic (exact) mass is 277 g/mol. The molecule has 1 fully saturated rings. The Hall–Kier alpha value is -1.56. The fourth-order valence-corrected chi connectivity index (χ4v) is 2.57. The normalized spacial score (nSPS) is 22.6. The van der Waals surface area contributed by atoms with Crippen LogP contribution in [-0.2, 0) is 17.6 Å². The van der Waals surface area contributed by atoms with E-state index in [0.717, 1.165) is 43.6 Å². The number of aryl methyl sites for hydroxylation is 2. The third kappa shape index (κ3) is 3.50. The highest BCUT2D eigenvalue weighted by molar-refractivity contribution is 5.90. The molecule has 2 heterocycles. The standard InChI is InChI=1S/C14H23N5O/c1-4-11-12(5-2)18-19-14(16-11)17-13(20)10-6-7-15-9(3)8-10/h9-10,15H,4-8H2,1-3H3,(H,16,17,19,20). The van der Waals surface area contributed by atoms with E-state index in [0.29, 0.717) is 12.0 Å². The molecule has 20 heavy (non-hydrogen) atoms. The average molecular weight is 277 g/mol. The lowest BCUT2D eigenvalue weighted by Gasteiger charge is -2.26. The highest BCUT2D eigenvalue weighted by atomic mass is 16.2. The first kappa shape index (κ1) is 14.8. The molecule has 2 atom stereocenters. The Morgan fingerprint density at radius 2 is 2.05 bits per heavy atom. The second kappa shape index (κ2) is 6.74. The van der Waals surface area contributed by atoms with Crippen LogP contribution in [0.3, 0.4) is 0 Å². The molecule has 110 valence electrons. The molecule has 1 aliphatic heterocycles. The smallest absolute Gasteiger partial charge is 0.249 e. The minimum atomic E-state index is 0.00597. The van der Waals surface area contributed by atoms with Crippen molar-refractivity contribution >= 4 is 11.9 Å². The Kier molecular flexibility index (Phi) is 5.00. The van der Waals surface area contributed by atoms with Crippen LogP contribution in [0.4, 0.5) is 5.95 Å². The summed E-state index contributed by atoms with van der Waals surface area (Å²) in [6.45, 7) is 7.04. The quantitative estimate of drug-likeness (QED) is 0.867. The summed E-state index contributed by atoms with van der Waals surface area (Å²) in [5.41, 5.74) is 1.82. The van der Waals surface area contributed by atoms with Gasteiger partial charge in [-0.05, 0) is 39.2 Å². The summed E-state index contributed by atoms with van der Waals surface area (Å²) in [7, 11) is 0. The highest BCUT2D eigenvalue weighted by Gasteiger charge is 2.25. The van der Waals surface area contributed by atoms with Crippen molar-refractivity contribution in [3.8, 4) is 0 Å². The molecule has 0 saturated carbocycles. The minimum absolute atomic E-state index is 0.00597. The van der Waals surface area contributed by atoms with Gasteiger partial charge in [0.05, 0.1) is 11.4 Å². The molecule has 1 amide bonds. The number of carbonyl (C=O) groups excluding carboxylic acids is 1. The van der Waals surface area contributed by atoms with Gasteiger partial charge in [0.1, 0.15) is 0 Å². The lowest BCUT2D eigenvalue weighted by Crippen LogP contribution is -2.40. The zero-order valence-corrected chi connectivity index (χ0v) is 12.4. The first-order chi connectivity index (χ1) is 9.63. The second-order valence-corrected chi connectivity index (χ2v) is 5.30. The van der Waals surface area contributed by atoms with Crippen LogP contribution >= 0.6 is 0 Å². The fourth-order valence-electron chi connectivity index (χ4n) is 2.57. The third-order valence-electron chi connectivity index (χ3n) is 3.74.